The minimum absolute atomic E-state index is 0.0297. The third-order valence-corrected chi connectivity index (χ3v) is 19.3. The average Bonchev–Trinajstić information content (AvgIpc) is 3.62. The molecular weight excluding hydrogens is 744 g/mol. The van der Waals surface area contributed by atoms with Crippen molar-refractivity contribution in [1.29, 1.82) is 0 Å². The minimum atomic E-state index is -3.98. The van der Waals surface area contributed by atoms with Crippen LogP contribution in [0.4, 0.5) is 4.39 Å². The molecule has 1 aliphatic heterocycles. The minimum Gasteiger partial charge on any atom is -0.353 e. The number of allylic oxidation sites excluding steroid dienone is 2. The van der Waals surface area contributed by atoms with Gasteiger partial charge in [-0.3, -0.25) is 9.69 Å². The molecule has 0 unspecified atom stereocenters. The maximum absolute atomic E-state index is 14.9. The van der Waals surface area contributed by atoms with Crippen molar-refractivity contribution in [3.8, 4) is 0 Å². The molecule has 0 spiro atoms. The summed E-state index contributed by atoms with van der Waals surface area (Å²) in [7, 11) is -3.98. The number of hydrogen-bond donors (Lipinski definition) is 1. The molecule has 9 heteroatoms. The Hall–Kier alpha value is -3.30. The number of nitrogens with one attached hydrogen (secondary N) is 1. The van der Waals surface area contributed by atoms with Gasteiger partial charge in [0.15, 0.2) is 0 Å². The number of hydrogen-bond acceptors (Lipinski definition) is 5. The number of benzene rings is 2. The summed E-state index contributed by atoms with van der Waals surface area (Å²) in [4.78, 5) is 17.5. The maximum Gasteiger partial charge on any atom is 0.282 e. The molecule has 312 valence electrons. The number of aromatic nitrogens is 2. The lowest BCUT2D eigenvalue weighted by molar-refractivity contribution is -0.168. The van der Waals surface area contributed by atoms with E-state index in [0.717, 1.165) is 106 Å². The third-order valence-electron chi connectivity index (χ3n) is 17.7. The first-order chi connectivity index (χ1) is 27.3. The molecule has 7 nitrogen and oxygen atoms in total. The van der Waals surface area contributed by atoms with Gasteiger partial charge in [0.05, 0.1) is 16.0 Å². The van der Waals surface area contributed by atoms with Gasteiger partial charge in [-0.05, 0) is 145 Å². The first-order valence-electron chi connectivity index (χ1n) is 22.2. The van der Waals surface area contributed by atoms with E-state index in [9.17, 15) is 17.6 Å². The van der Waals surface area contributed by atoms with E-state index in [1.807, 2.05) is 0 Å². The smallest absolute Gasteiger partial charge is 0.282 e. The first kappa shape index (κ1) is 40.1. The molecule has 0 bridgehead atoms. The Balaban J connectivity index is 0.997. The van der Waals surface area contributed by atoms with Crippen molar-refractivity contribution in [2.24, 2.45) is 44.8 Å². The number of fused-ring (bicyclic) bond motifs is 8. The van der Waals surface area contributed by atoms with Crippen LogP contribution in [0.2, 0.25) is 0 Å². The Kier molecular flexibility index (Phi) is 9.41. The van der Waals surface area contributed by atoms with Crippen LogP contribution >= 0.6 is 0 Å². The number of halogens is 1. The van der Waals surface area contributed by atoms with Gasteiger partial charge in [0.1, 0.15) is 5.82 Å². The summed E-state index contributed by atoms with van der Waals surface area (Å²) < 4.78 is 42.5. The van der Waals surface area contributed by atoms with E-state index in [-0.39, 0.29) is 49.3 Å². The van der Waals surface area contributed by atoms with Gasteiger partial charge in [-0.15, -0.1) is 0 Å². The van der Waals surface area contributed by atoms with Crippen LogP contribution in [0.5, 0.6) is 0 Å². The molecule has 5 aliphatic carbocycles. The number of piperidine rings is 1. The zero-order chi connectivity index (χ0) is 41.1. The molecule has 9 rings (SSSR count). The second kappa shape index (κ2) is 13.6. The van der Waals surface area contributed by atoms with Crippen molar-refractivity contribution >= 4 is 15.9 Å². The SMILES string of the molecule is CC1(C)CC[C@]2(C(=O)NC3CCN(Cc4ccccc4)CC3)CC[C@]3(C)C(=CC[C@@H]4[C@@]5(C)Cc6cn(S(=O)(=O)c7ccc(F)cc7)nc6C(C)(C)[C@@H]5CC[C@]43C)[C@@H]2C1. The van der Waals surface area contributed by atoms with Crippen LogP contribution in [-0.4, -0.2) is 47.5 Å². The van der Waals surface area contributed by atoms with Gasteiger partial charge in [-0.25, -0.2) is 4.39 Å². The van der Waals surface area contributed by atoms with E-state index in [0.29, 0.717) is 17.7 Å². The molecule has 3 saturated carbocycles. The molecule has 3 aromatic rings. The fourth-order valence-corrected chi connectivity index (χ4v) is 15.5. The van der Waals surface area contributed by atoms with Crippen molar-refractivity contribution in [3.63, 3.8) is 0 Å². The van der Waals surface area contributed by atoms with Gasteiger partial charge in [0, 0.05) is 37.3 Å². The number of amides is 1. The fraction of sp³-hybridized carbons (Fsp3) is 0.633. The molecule has 1 amide bonds. The van der Waals surface area contributed by atoms with E-state index < -0.39 is 15.8 Å². The van der Waals surface area contributed by atoms with E-state index >= 15 is 0 Å². The Labute approximate surface area is 346 Å². The van der Waals surface area contributed by atoms with Crippen molar-refractivity contribution in [1.82, 2.24) is 19.4 Å². The largest absolute Gasteiger partial charge is 0.353 e. The zero-order valence-corrected chi connectivity index (χ0v) is 36.7. The van der Waals surface area contributed by atoms with Crippen LogP contribution < -0.4 is 5.32 Å². The molecule has 2 heterocycles. The normalized spacial score (nSPS) is 35.7. The molecule has 7 atom stereocenters. The van der Waals surface area contributed by atoms with Crippen LogP contribution in [0.3, 0.4) is 0 Å². The van der Waals surface area contributed by atoms with Crippen molar-refractivity contribution in [3.05, 3.63) is 95.1 Å². The lowest BCUT2D eigenvalue weighted by Crippen LogP contribution is -2.65. The van der Waals surface area contributed by atoms with Gasteiger partial charge in [-0.2, -0.15) is 17.6 Å². The second-order valence-corrected chi connectivity index (χ2v) is 23.4. The highest BCUT2D eigenvalue weighted by Gasteiger charge is 2.69. The second-order valence-electron chi connectivity index (χ2n) is 21.6. The predicted octanol–water partition coefficient (Wildman–Crippen LogP) is 9.86. The third kappa shape index (κ3) is 6.04. The number of rotatable bonds is 6. The Bertz CT molecular complexity index is 2220. The lowest BCUT2D eigenvalue weighted by Gasteiger charge is -2.70. The molecule has 58 heavy (non-hydrogen) atoms. The maximum atomic E-state index is 14.9. The molecule has 1 saturated heterocycles. The van der Waals surface area contributed by atoms with Crippen LogP contribution in [0, 0.1) is 50.6 Å². The molecule has 0 radical (unpaired) electrons. The number of carbonyl (C=O) groups is 1. The quantitative estimate of drug-likeness (QED) is 0.251. The topological polar surface area (TPSA) is 84.3 Å². The zero-order valence-electron chi connectivity index (χ0n) is 35.9. The summed E-state index contributed by atoms with van der Waals surface area (Å²) in [6.45, 7) is 20.0. The van der Waals surface area contributed by atoms with Gasteiger partial charge < -0.3 is 5.32 Å². The Morgan fingerprint density at radius 2 is 1.55 bits per heavy atom. The van der Waals surface area contributed by atoms with Gasteiger partial charge in [0.2, 0.25) is 5.91 Å². The standard InChI is InChI=1S/C49H65FN4O3S/c1-44(2)23-25-49(43(55)51-36-20-27-53(28-21-36)31-33-11-9-8-10-12-33)26-24-47(6)38(39(49)30-44)17-18-41-46(5)29-34-32-54(58(56,57)37-15-13-35(50)14-16-37)52-42(34)45(3,4)40(46)19-22-48(41,47)7/h8-17,32,36,39-41H,18-31H2,1-7H3,(H,51,55)/t39-,40-,41+,46-,47+,48+,49-/m0/s1. The summed E-state index contributed by atoms with van der Waals surface area (Å²) in [5.74, 6) is 0.817. The summed E-state index contributed by atoms with van der Waals surface area (Å²) in [5.41, 5.74) is 4.21. The van der Waals surface area contributed by atoms with Crippen LogP contribution in [-0.2, 0) is 33.2 Å². The van der Waals surface area contributed by atoms with Crippen molar-refractivity contribution in [2.45, 2.75) is 142 Å². The molecule has 6 aliphatic rings. The summed E-state index contributed by atoms with van der Waals surface area (Å²) in [6.07, 6.45) is 15.4. The monoisotopic (exact) mass is 808 g/mol. The molecule has 1 aromatic heterocycles. The predicted molar refractivity (Wildman–Crippen MR) is 227 cm³/mol. The van der Waals surface area contributed by atoms with Gasteiger partial charge >= 0.3 is 0 Å². The number of likely N-dealkylation sites (tertiary alicyclic amines) is 1. The lowest BCUT2D eigenvalue weighted by atomic mass is 9.33. The van der Waals surface area contributed by atoms with Gasteiger partial charge in [-0.1, -0.05) is 90.4 Å². The van der Waals surface area contributed by atoms with Crippen LogP contribution in [0.15, 0.2) is 77.3 Å². The summed E-state index contributed by atoms with van der Waals surface area (Å²) in [6, 6.07) is 16.0. The molecule has 1 N–H and O–H groups in total. The number of carbonyl (C=O) groups excluding carboxylic acids is 1. The summed E-state index contributed by atoms with van der Waals surface area (Å²) in [5, 5.41) is 8.52. The Morgan fingerprint density at radius 3 is 2.26 bits per heavy atom. The Morgan fingerprint density at radius 1 is 0.862 bits per heavy atom. The van der Waals surface area contributed by atoms with E-state index in [1.165, 1.54) is 29.8 Å². The highest BCUT2D eigenvalue weighted by Crippen LogP contribution is 2.75. The fourth-order valence-electron chi connectivity index (χ4n) is 14.3. The number of nitrogens with zero attached hydrogens (tertiary/aromatic N) is 3. The average molecular weight is 809 g/mol. The van der Waals surface area contributed by atoms with Crippen LogP contribution in [0.1, 0.15) is 129 Å². The van der Waals surface area contributed by atoms with E-state index in [1.54, 1.807) is 11.8 Å². The highest BCUT2D eigenvalue weighted by molar-refractivity contribution is 7.89. The summed E-state index contributed by atoms with van der Waals surface area (Å²) >= 11 is 0. The van der Waals surface area contributed by atoms with Crippen LogP contribution in [0.25, 0.3) is 0 Å². The van der Waals surface area contributed by atoms with E-state index in [4.69, 9.17) is 5.10 Å². The van der Waals surface area contributed by atoms with Crippen molar-refractivity contribution in [2.75, 3.05) is 13.1 Å². The van der Waals surface area contributed by atoms with Crippen molar-refractivity contribution < 1.29 is 17.6 Å². The van der Waals surface area contributed by atoms with Gasteiger partial charge in [0.25, 0.3) is 10.0 Å². The molecule has 4 fully saturated rings. The molecular formula is C49H65FN4O3S. The highest BCUT2D eigenvalue weighted by atomic mass is 32.2. The first-order valence-corrected chi connectivity index (χ1v) is 23.6. The van der Waals surface area contributed by atoms with E-state index in [2.05, 4.69) is 95.1 Å². The molecule has 2 aromatic carbocycles.